The molecule has 0 amide bonds. The fraction of sp³-hybridized carbons (Fsp3) is 0.421. The highest BCUT2D eigenvalue weighted by Gasteiger charge is 2.16. The molecule has 9 heteroatoms. The maximum atomic E-state index is 11.8. The standard InChI is InChI=1S/C19H23ClN4O2S2/c1-11(2)8-14(10-25)21-16-15-17(24-19(26)28-15)23-18(22-16)27-7-6-12-4-3-5-13(20)9-12/h3-5,9,11,14,25H,6-8,10H2,1-2H3,(H2,21,22,23,24,26)/t14-/m1/s1. The Morgan fingerprint density at radius 2 is 2.18 bits per heavy atom. The molecule has 0 aliphatic heterocycles. The van der Waals surface area contributed by atoms with Crippen LogP contribution in [0.5, 0.6) is 0 Å². The topological polar surface area (TPSA) is 90.9 Å². The number of thiazole rings is 1. The predicted octanol–water partition coefficient (Wildman–Crippen LogP) is 4.19. The molecule has 1 atom stereocenters. The molecule has 0 fully saturated rings. The van der Waals surface area contributed by atoms with Crippen molar-refractivity contribution in [2.75, 3.05) is 17.7 Å². The third-order valence-corrected chi connectivity index (χ3v) is 6.05. The molecule has 0 saturated heterocycles. The number of aromatic nitrogens is 3. The summed E-state index contributed by atoms with van der Waals surface area (Å²) in [6.07, 6.45) is 1.64. The summed E-state index contributed by atoms with van der Waals surface area (Å²) in [4.78, 5) is 23.5. The van der Waals surface area contributed by atoms with E-state index in [0.29, 0.717) is 27.2 Å². The molecule has 0 saturated carbocycles. The molecule has 150 valence electrons. The van der Waals surface area contributed by atoms with Crippen molar-refractivity contribution in [2.45, 2.75) is 37.9 Å². The number of thioether (sulfide) groups is 1. The molecule has 0 bridgehead atoms. The molecule has 0 aliphatic rings. The number of anilines is 1. The normalized spacial score (nSPS) is 12.6. The number of aliphatic hydroxyl groups excluding tert-OH is 1. The van der Waals surface area contributed by atoms with Crippen LogP contribution in [-0.4, -0.2) is 38.5 Å². The Labute approximate surface area is 176 Å². The molecule has 6 nitrogen and oxygen atoms in total. The van der Waals surface area contributed by atoms with Gasteiger partial charge in [0, 0.05) is 10.8 Å². The van der Waals surface area contributed by atoms with E-state index in [1.165, 1.54) is 11.8 Å². The molecular formula is C19H23ClN4O2S2. The lowest BCUT2D eigenvalue weighted by Gasteiger charge is -2.19. The molecule has 3 aromatic rings. The lowest BCUT2D eigenvalue weighted by atomic mass is 10.0. The number of hydrogen-bond donors (Lipinski definition) is 3. The minimum Gasteiger partial charge on any atom is -0.394 e. The minimum atomic E-state index is -0.169. The Kier molecular flexibility index (Phi) is 7.34. The summed E-state index contributed by atoms with van der Waals surface area (Å²) in [5.74, 6) is 1.81. The molecule has 0 aliphatic carbocycles. The second-order valence-electron chi connectivity index (χ2n) is 6.93. The number of rotatable bonds is 9. The highest BCUT2D eigenvalue weighted by molar-refractivity contribution is 7.99. The third-order valence-electron chi connectivity index (χ3n) is 4.09. The van der Waals surface area contributed by atoms with E-state index >= 15 is 0 Å². The molecule has 0 spiro atoms. The van der Waals surface area contributed by atoms with Gasteiger partial charge in [-0.05, 0) is 36.5 Å². The van der Waals surface area contributed by atoms with E-state index in [9.17, 15) is 9.90 Å². The van der Waals surface area contributed by atoms with E-state index in [0.717, 1.165) is 40.5 Å². The molecular weight excluding hydrogens is 416 g/mol. The van der Waals surface area contributed by atoms with Crippen molar-refractivity contribution in [1.29, 1.82) is 0 Å². The van der Waals surface area contributed by atoms with Crippen LogP contribution >= 0.6 is 34.7 Å². The average molecular weight is 439 g/mol. The predicted molar refractivity (Wildman–Crippen MR) is 118 cm³/mol. The summed E-state index contributed by atoms with van der Waals surface area (Å²) in [5, 5.41) is 14.3. The first-order chi connectivity index (χ1) is 13.4. The molecule has 3 N–H and O–H groups in total. The summed E-state index contributed by atoms with van der Waals surface area (Å²) in [7, 11) is 0. The number of nitrogens with one attached hydrogen (secondary N) is 2. The van der Waals surface area contributed by atoms with E-state index in [1.54, 1.807) is 0 Å². The maximum Gasteiger partial charge on any atom is 0.306 e. The zero-order valence-corrected chi connectivity index (χ0v) is 18.1. The lowest BCUT2D eigenvalue weighted by Crippen LogP contribution is -2.26. The van der Waals surface area contributed by atoms with Crippen LogP contribution in [0.25, 0.3) is 10.3 Å². The van der Waals surface area contributed by atoms with E-state index < -0.39 is 0 Å². The Hall–Kier alpha value is -1.61. The Bertz CT molecular complexity index is 989. The quantitative estimate of drug-likeness (QED) is 0.343. The summed E-state index contributed by atoms with van der Waals surface area (Å²) >= 11 is 8.63. The second-order valence-corrected chi connectivity index (χ2v) is 9.41. The number of aliphatic hydroxyl groups is 1. The molecule has 0 unspecified atom stereocenters. The van der Waals surface area contributed by atoms with Crippen LogP contribution in [-0.2, 0) is 6.42 Å². The van der Waals surface area contributed by atoms with Crippen molar-refractivity contribution < 1.29 is 5.11 Å². The number of hydrogen-bond acceptors (Lipinski definition) is 7. The second kappa shape index (κ2) is 9.73. The van der Waals surface area contributed by atoms with Crippen LogP contribution in [0, 0.1) is 5.92 Å². The molecule has 3 rings (SSSR count). The van der Waals surface area contributed by atoms with E-state index in [2.05, 4.69) is 34.1 Å². The van der Waals surface area contributed by atoms with Gasteiger partial charge in [0.1, 0.15) is 4.70 Å². The fourth-order valence-electron chi connectivity index (χ4n) is 2.88. The van der Waals surface area contributed by atoms with Crippen molar-refractivity contribution in [1.82, 2.24) is 15.0 Å². The average Bonchev–Trinajstić information content (AvgIpc) is 3.01. The van der Waals surface area contributed by atoms with Gasteiger partial charge in [0.05, 0.1) is 12.6 Å². The molecule has 2 heterocycles. The van der Waals surface area contributed by atoms with Crippen LogP contribution < -0.4 is 10.2 Å². The summed E-state index contributed by atoms with van der Waals surface area (Å²) in [6.45, 7) is 4.21. The Morgan fingerprint density at radius 3 is 2.89 bits per heavy atom. The number of nitrogens with zero attached hydrogens (tertiary/aromatic N) is 2. The van der Waals surface area contributed by atoms with Gasteiger partial charge in [-0.25, -0.2) is 9.97 Å². The van der Waals surface area contributed by atoms with E-state index in [1.807, 2.05) is 24.3 Å². The Balaban J connectivity index is 1.78. The largest absolute Gasteiger partial charge is 0.394 e. The van der Waals surface area contributed by atoms with Gasteiger partial charge < -0.3 is 10.4 Å². The highest BCUT2D eigenvalue weighted by atomic mass is 35.5. The molecule has 0 radical (unpaired) electrons. The van der Waals surface area contributed by atoms with Gasteiger partial charge in [-0.1, -0.05) is 60.7 Å². The fourth-order valence-corrected chi connectivity index (χ4v) is 4.66. The summed E-state index contributed by atoms with van der Waals surface area (Å²) in [6, 6.07) is 7.66. The molecule has 28 heavy (non-hydrogen) atoms. The SMILES string of the molecule is CC(C)C[C@H](CO)Nc1nc(SCCc2cccc(Cl)c2)nc2[nH]c(=O)sc12. The monoisotopic (exact) mass is 438 g/mol. The zero-order valence-electron chi connectivity index (χ0n) is 15.7. The number of H-pyrrole nitrogens is 1. The zero-order chi connectivity index (χ0) is 20.1. The van der Waals surface area contributed by atoms with Crippen LogP contribution in [0.1, 0.15) is 25.8 Å². The lowest BCUT2D eigenvalue weighted by molar-refractivity contribution is 0.259. The van der Waals surface area contributed by atoms with Crippen LogP contribution in [0.3, 0.4) is 0 Å². The van der Waals surface area contributed by atoms with Crippen LogP contribution in [0.4, 0.5) is 5.82 Å². The van der Waals surface area contributed by atoms with Gasteiger partial charge >= 0.3 is 4.87 Å². The van der Waals surface area contributed by atoms with Gasteiger partial charge in [-0.15, -0.1) is 0 Å². The van der Waals surface area contributed by atoms with Gasteiger partial charge in [0.15, 0.2) is 16.6 Å². The summed E-state index contributed by atoms with van der Waals surface area (Å²) < 4.78 is 0.686. The first-order valence-corrected chi connectivity index (χ1v) is 11.3. The maximum absolute atomic E-state index is 11.8. The van der Waals surface area contributed by atoms with Gasteiger partial charge in [-0.2, -0.15) is 0 Å². The first kappa shape index (κ1) is 21.1. The summed E-state index contributed by atoms with van der Waals surface area (Å²) in [5.41, 5.74) is 1.68. The first-order valence-electron chi connectivity index (χ1n) is 9.10. The number of halogens is 1. The van der Waals surface area contributed by atoms with Crippen molar-refractivity contribution in [3.05, 3.63) is 44.5 Å². The van der Waals surface area contributed by atoms with Crippen LogP contribution in [0.2, 0.25) is 5.02 Å². The minimum absolute atomic E-state index is 0.000239. The molecule has 1 aromatic carbocycles. The van der Waals surface area contributed by atoms with E-state index in [4.69, 9.17) is 11.6 Å². The number of aryl methyl sites for hydroxylation is 1. The van der Waals surface area contributed by atoms with E-state index in [-0.39, 0.29) is 17.5 Å². The van der Waals surface area contributed by atoms with Crippen molar-refractivity contribution >= 4 is 50.9 Å². The number of benzene rings is 1. The van der Waals surface area contributed by atoms with Gasteiger partial charge in [-0.3, -0.25) is 9.78 Å². The number of aromatic amines is 1. The Morgan fingerprint density at radius 1 is 1.36 bits per heavy atom. The third kappa shape index (κ3) is 5.70. The van der Waals surface area contributed by atoms with Crippen LogP contribution in [0.15, 0.2) is 34.2 Å². The van der Waals surface area contributed by atoms with Gasteiger partial charge in [0.25, 0.3) is 0 Å². The highest BCUT2D eigenvalue weighted by Crippen LogP contribution is 2.27. The van der Waals surface area contributed by atoms with Crippen molar-refractivity contribution in [2.24, 2.45) is 5.92 Å². The smallest absolute Gasteiger partial charge is 0.306 e. The van der Waals surface area contributed by atoms with Crippen molar-refractivity contribution in [3.63, 3.8) is 0 Å². The van der Waals surface area contributed by atoms with Crippen molar-refractivity contribution in [3.8, 4) is 0 Å². The number of fused-ring (bicyclic) bond motifs is 1. The van der Waals surface area contributed by atoms with Gasteiger partial charge in [0.2, 0.25) is 0 Å². The molecule has 2 aromatic heterocycles.